The monoisotopic (exact) mass is 499 g/mol. The highest BCUT2D eigenvalue weighted by Crippen LogP contribution is 2.29. The number of hydrogen-bond donors (Lipinski definition) is 1. The van der Waals surface area contributed by atoms with Crippen LogP contribution in [0, 0.1) is 0 Å². The molecule has 0 radical (unpaired) electrons. The van der Waals surface area contributed by atoms with Gasteiger partial charge in [0, 0.05) is 23.5 Å². The summed E-state index contributed by atoms with van der Waals surface area (Å²) in [5.41, 5.74) is 1.07. The topological polar surface area (TPSA) is 71.1 Å². The molecule has 7 nitrogen and oxygen atoms in total. The van der Waals surface area contributed by atoms with E-state index in [1.54, 1.807) is 30.5 Å². The Kier molecular flexibility index (Phi) is 8.90. The van der Waals surface area contributed by atoms with Crippen molar-refractivity contribution in [3.8, 4) is 11.5 Å². The van der Waals surface area contributed by atoms with Crippen LogP contribution < -0.4 is 14.8 Å². The van der Waals surface area contributed by atoms with E-state index in [0.717, 1.165) is 49.0 Å². The number of thiophene rings is 1. The van der Waals surface area contributed by atoms with Crippen molar-refractivity contribution in [1.82, 2.24) is 15.1 Å². The number of ether oxygens (including phenoxy) is 2. The van der Waals surface area contributed by atoms with E-state index < -0.39 is 0 Å². The molecule has 0 unspecified atom stereocenters. The molecule has 190 valence electrons. The first-order valence-electron chi connectivity index (χ1n) is 12.7. The maximum atomic E-state index is 13.5. The number of urea groups is 1. The van der Waals surface area contributed by atoms with Crippen molar-refractivity contribution in [3.63, 3.8) is 0 Å². The zero-order chi connectivity index (χ0) is 24.6. The molecule has 1 aromatic carbocycles. The number of benzene rings is 1. The third-order valence-corrected chi connectivity index (χ3v) is 7.75. The standard InChI is InChI=1S/C27H37N3O4S/c1-33-24-13-10-20(17-25(24)34-2)14-15-29(18-23-9-6-16-35-23)26(31)19-30(22-11-12-22)27(32)28-21-7-4-3-5-8-21/h6,9-10,13,16-17,21-22H,3-5,7-8,11-12,14-15,18-19H2,1-2H3,(H,28,32). The van der Waals surface area contributed by atoms with Gasteiger partial charge in [-0.1, -0.05) is 31.4 Å². The lowest BCUT2D eigenvalue weighted by molar-refractivity contribution is -0.132. The maximum absolute atomic E-state index is 13.5. The Morgan fingerprint density at radius 1 is 1.03 bits per heavy atom. The zero-order valence-corrected chi connectivity index (χ0v) is 21.6. The molecule has 1 heterocycles. The summed E-state index contributed by atoms with van der Waals surface area (Å²) in [6.45, 7) is 1.24. The van der Waals surface area contributed by atoms with E-state index in [2.05, 4.69) is 11.4 Å². The summed E-state index contributed by atoms with van der Waals surface area (Å²) >= 11 is 1.65. The summed E-state index contributed by atoms with van der Waals surface area (Å²) in [5, 5.41) is 5.23. The van der Waals surface area contributed by atoms with Crippen LogP contribution in [0.4, 0.5) is 4.79 Å². The first-order chi connectivity index (χ1) is 17.1. The summed E-state index contributed by atoms with van der Waals surface area (Å²) in [5.74, 6) is 1.36. The second kappa shape index (κ2) is 12.3. The van der Waals surface area contributed by atoms with Gasteiger partial charge in [-0.25, -0.2) is 4.79 Å². The molecule has 35 heavy (non-hydrogen) atoms. The summed E-state index contributed by atoms with van der Waals surface area (Å²) in [7, 11) is 3.24. The van der Waals surface area contributed by atoms with Crippen molar-refractivity contribution in [1.29, 1.82) is 0 Å². The predicted octanol–water partition coefficient (Wildman–Crippen LogP) is 4.84. The number of nitrogens with one attached hydrogen (secondary N) is 1. The molecule has 0 saturated heterocycles. The average Bonchev–Trinajstić information content (AvgIpc) is 3.59. The number of amides is 3. The Hall–Kier alpha value is -2.74. The molecule has 0 atom stereocenters. The Bertz CT molecular complexity index is 971. The number of hydrogen-bond acceptors (Lipinski definition) is 5. The van der Waals surface area contributed by atoms with Gasteiger partial charge in [0.1, 0.15) is 6.54 Å². The fourth-order valence-electron chi connectivity index (χ4n) is 4.69. The number of nitrogens with zero attached hydrogens (tertiary/aromatic N) is 2. The second-order valence-electron chi connectivity index (χ2n) is 9.48. The third-order valence-electron chi connectivity index (χ3n) is 6.88. The quantitative estimate of drug-likeness (QED) is 0.480. The molecule has 3 amide bonds. The van der Waals surface area contributed by atoms with Gasteiger partial charge < -0.3 is 24.6 Å². The van der Waals surface area contributed by atoms with E-state index in [9.17, 15) is 9.59 Å². The molecule has 2 aromatic rings. The molecular weight excluding hydrogens is 462 g/mol. The van der Waals surface area contributed by atoms with Crippen LogP contribution in [0.2, 0.25) is 0 Å². The molecule has 8 heteroatoms. The van der Waals surface area contributed by atoms with E-state index in [4.69, 9.17) is 9.47 Å². The number of rotatable bonds is 11. The Morgan fingerprint density at radius 2 is 1.80 bits per heavy atom. The SMILES string of the molecule is COc1ccc(CCN(Cc2cccs2)C(=O)CN(C(=O)NC2CCCCC2)C2CC2)cc1OC. The number of methoxy groups -OCH3 is 2. The van der Waals surface area contributed by atoms with E-state index in [1.807, 2.05) is 34.5 Å². The first kappa shape index (κ1) is 25.4. The van der Waals surface area contributed by atoms with Crippen molar-refractivity contribution >= 4 is 23.3 Å². The lowest BCUT2D eigenvalue weighted by Gasteiger charge is -2.30. The van der Waals surface area contributed by atoms with Crippen molar-refractivity contribution in [2.24, 2.45) is 0 Å². The largest absolute Gasteiger partial charge is 0.493 e. The van der Waals surface area contributed by atoms with Gasteiger partial charge in [-0.15, -0.1) is 11.3 Å². The van der Waals surface area contributed by atoms with Crippen LogP contribution in [-0.2, 0) is 17.8 Å². The molecule has 2 saturated carbocycles. The zero-order valence-electron chi connectivity index (χ0n) is 20.8. The van der Waals surface area contributed by atoms with Gasteiger partial charge in [-0.2, -0.15) is 0 Å². The highest BCUT2D eigenvalue weighted by Gasteiger charge is 2.35. The smallest absolute Gasteiger partial charge is 0.318 e. The van der Waals surface area contributed by atoms with Gasteiger partial charge in [0.2, 0.25) is 5.91 Å². The van der Waals surface area contributed by atoms with E-state index in [-0.39, 0.29) is 30.6 Å². The third kappa shape index (κ3) is 7.13. The van der Waals surface area contributed by atoms with Crippen LogP contribution in [0.1, 0.15) is 55.4 Å². The van der Waals surface area contributed by atoms with Gasteiger partial charge in [0.05, 0.1) is 20.8 Å². The normalized spacial score (nSPS) is 15.9. The van der Waals surface area contributed by atoms with Crippen LogP contribution >= 0.6 is 11.3 Å². The van der Waals surface area contributed by atoms with Crippen LogP contribution in [0.5, 0.6) is 11.5 Å². The average molecular weight is 500 g/mol. The maximum Gasteiger partial charge on any atom is 0.318 e. The molecule has 0 bridgehead atoms. The Morgan fingerprint density at radius 3 is 2.46 bits per heavy atom. The fraction of sp³-hybridized carbons (Fsp3) is 0.556. The van der Waals surface area contributed by atoms with Crippen molar-refractivity contribution < 1.29 is 19.1 Å². The van der Waals surface area contributed by atoms with E-state index in [1.165, 1.54) is 6.42 Å². The molecule has 1 aromatic heterocycles. The van der Waals surface area contributed by atoms with Crippen LogP contribution in [0.25, 0.3) is 0 Å². The molecule has 2 aliphatic carbocycles. The number of carbonyl (C=O) groups excluding carboxylic acids is 2. The minimum absolute atomic E-state index is 0.00966. The van der Waals surface area contributed by atoms with Gasteiger partial charge in [-0.05, 0) is 61.2 Å². The molecular formula is C27H37N3O4S. The summed E-state index contributed by atoms with van der Waals surface area (Å²) in [6.07, 6.45) is 8.28. The van der Waals surface area contributed by atoms with Crippen molar-refractivity contribution in [2.75, 3.05) is 27.3 Å². The Balaban J connectivity index is 1.42. The molecule has 2 fully saturated rings. The van der Waals surface area contributed by atoms with Gasteiger partial charge >= 0.3 is 6.03 Å². The lowest BCUT2D eigenvalue weighted by Crippen LogP contribution is -2.50. The first-order valence-corrected chi connectivity index (χ1v) is 13.5. The second-order valence-corrected chi connectivity index (χ2v) is 10.5. The molecule has 0 spiro atoms. The minimum atomic E-state index is -0.0799. The van der Waals surface area contributed by atoms with Crippen molar-refractivity contribution in [2.45, 2.75) is 70.0 Å². The summed E-state index contributed by atoms with van der Waals surface area (Å²) in [4.78, 5) is 31.4. The van der Waals surface area contributed by atoms with E-state index >= 15 is 0 Å². The predicted molar refractivity (Wildman–Crippen MR) is 138 cm³/mol. The number of carbonyl (C=O) groups is 2. The summed E-state index contributed by atoms with van der Waals surface area (Å²) in [6, 6.07) is 10.2. The van der Waals surface area contributed by atoms with Crippen LogP contribution in [0.15, 0.2) is 35.7 Å². The molecule has 0 aliphatic heterocycles. The highest BCUT2D eigenvalue weighted by molar-refractivity contribution is 7.09. The molecule has 1 N–H and O–H groups in total. The Labute approximate surface area is 212 Å². The van der Waals surface area contributed by atoms with Crippen LogP contribution in [-0.4, -0.2) is 61.1 Å². The van der Waals surface area contributed by atoms with Crippen LogP contribution in [0.3, 0.4) is 0 Å². The highest BCUT2D eigenvalue weighted by atomic mass is 32.1. The molecule has 4 rings (SSSR count). The van der Waals surface area contributed by atoms with Gasteiger partial charge in [0.25, 0.3) is 0 Å². The minimum Gasteiger partial charge on any atom is -0.493 e. The molecule has 2 aliphatic rings. The fourth-order valence-corrected chi connectivity index (χ4v) is 5.41. The van der Waals surface area contributed by atoms with Crippen molar-refractivity contribution in [3.05, 3.63) is 46.2 Å². The lowest BCUT2D eigenvalue weighted by atomic mass is 9.96. The van der Waals surface area contributed by atoms with Gasteiger partial charge in [-0.3, -0.25) is 4.79 Å². The van der Waals surface area contributed by atoms with E-state index in [0.29, 0.717) is 31.0 Å². The van der Waals surface area contributed by atoms with Gasteiger partial charge in [0.15, 0.2) is 11.5 Å². The summed E-state index contributed by atoms with van der Waals surface area (Å²) < 4.78 is 10.8.